The summed E-state index contributed by atoms with van der Waals surface area (Å²) in [5.74, 6) is 0. The molecule has 0 unspecified atom stereocenters. The van der Waals surface area contributed by atoms with E-state index in [4.69, 9.17) is 4.74 Å². The zero-order valence-corrected chi connectivity index (χ0v) is 13.7. The van der Waals surface area contributed by atoms with Gasteiger partial charge in [-0.2, -0.15) is 0 Å². The van der Waals surface area contributed by atoms with E-state index in [1.807, 2.05) is 12.1 Å². The van der Waals surface area contributed by atoms with Gasteiger partial charge in [0.1, 0.15) is 4.21 Å². The highest BCUT2D eigenvalue weighted by molar-refractivity contribution is 7.94. The molecule has 0 bridgehead atoms. The van der Waals surface area contributed by atoms with Gasteiger partial charge in [-0.1, -0.05) is 18.2 Å². The van der Waals surface area contributed by atoms with Crippen molar-refractivity contribution in [2.24, 2.45) is 0 Å². The standard InChI is InChI=1S/C15H18N2O3S2/c18-22(19,15-2-1-11-21-15)16-14-5-3-13(4-6-14)12-17-7-9-20-10-8-17/h1-6,11,16H,7-10,12H2. The molecule has 118 valence electrons. The van der Waals surface area contributed by atoms with Crippen molar-refractivity contribution in [2.75, 3.05) is 31.0 Å². The van der Waals surface area contributed by atoms with Crippen LogP contribution in [0.5, 0.6) is 0 Å². The van der Waals surface area contributed by atoms with Crippen LogP contribution in [0.2, 0.25) is 0 Å². The lowest BCUT2D eigenvalue weighted by Crippen LogP contribution is -2.35. The Morgan fingerprint density at radius 2 is 1.86 bits per heavy atom. The minimum absolute atomic E-state index is 0.324. The Hall–Kier alpha value is -1.41. The van der Waals surface area contributed by atoms with E-state index in [0.29, 0.717) is 9.90 Å². The van der Waals surface area contributed by atoms with Gasteiger partial charge in [0.25, 0.3) is 10.0 Å². The fraction of sp³-hybridized carbons (Fsp3) is 0.333. The molecule has 7 heteroatoms. The predicted molar refractivity (Wildman–Crippen MR) is 87.7 cm³/mol. The molecule has 0 spiro atoms. The SMILES string of the molecule is O=S(=O)(Nc1ccc(CN2CCOCC2)cc1)c1cccs1. The van der Waals surface area contributed by atoms with E-state index in [1.54, 1.807) is 29.6 Å². The molecule has 1 N–H and O–H groups in total. The van der Waals surface area contributed by atoms with E-state index in [-0.39, 0.29) is 0 Å². The van der Waals surface area contributed by atoms with Gasteiger partial charge in [0.05, 0.1) is 13.2 Å². The van der Waals surface area contributed by atoms with Gasteiger partial charge in [-0.05, 0) is 29.1 Å². The summed E-state index contributed by atoms with van der Waals surface area (Å²) in [6.07, 6.45) is 0. The molecule has 0 aliphatic carbocycles. The second-order valence-corrected chi connectivity index (χ2v) is 7.98. The lowest BCUT2D eigenvalue weighted by atomic mass is 10.2. The van der Waals surface area contributed by atoms with Crippen LogP contribution in [-0.4, -0.2) is 39.6 Å². The van der Waals surface area contributed by atoms with Crippen molar-refractivity contribution in [3.8, 4) is 0 Å². The summed E-state index contributed by atoms with van der Waals surface area (Å²) in [5.41, 5.74) is 1.75. The van der Waals surface area contributed by atoms with E-state index < -0.39 is 10.0 Å². The van der Waals surface area contributed by atoms with Crippen molar-refractivity contribution >= 4 is 27.0 Å². The van der Waals surface area contributed by atoms with Crippen LogP contribution in [-0.2, 0) is 21.3 Å². The number of nitrogens with one attached hydrogen (secondary N) is 1. The molecular weight excluding hydrogens is 320 g/mol. The molecule has 1 saturated heterocycles. The van der Waals surface area contributed by atoms with Crippen LogP contribution in [0.4, 0.5) is 5.69 Å². The molecule has 2 heterocycles. The molecular formula is C15H18N2O3S2. The minimum Gasteiger partial charge on any atom is -0.379 e. The quantitative estimate of drug-likeness (QED) is 0.909. The van der Waals surface area contributed by atoms with E-state index in [0.717, 1.165) is 32.8 Å². The van der Waals surface area contributed by atoms with Gasteiger partial charge in [-0.25, -0.2) is 8.42 Å². The van der Waals surface area contributed by atoms with Crippen molar-refractivity contribution in [3.63, 3.8) is 0 Å². The van der Waals surface area contributed by atoms with E-state index in [1.165, 1.54) is 16.9 Å². The molecule has 0 saturated carbocycles. The summed E-state index contributed by atoms with van der Waals surface area (Å²) in [7, 11) is -3.47. The molecule has 0 amide bonds. The van der Waals surface area contributed by atoms with Gasteiger partial charge in [-0.15, -0.1) is 11.3 Å². The van der Waals surface area contributed by atoms with Gasteiger partial charge in [-0.3, -0.25) is 9.62 Å². The number of hydrogen-bond donors (Lipinski definition) is 1. The average molecular weight is 338 g/mol. The maximum Gasteiger partial charge on any atom is 0.271 e. The number of anilines is 1. The number of benzene rings is 1. The molecule has 1 aromatic carbocycles. The largest absolute Gasteiger partial charge is 0.379 e. The topological polar surface area (TPSA) is 58.6 Å². The van der Waals surface area contributed by atoms with Crippen LogP contribution < -0.4 is 4.72 Å². The normalized spacial score (nSPS) is 16.5. The number of thiophene rings is 1. The fourth-order valence-electron chi connectivity index (χ4n) is 2.32. The van der Waals surface area contributed by atoms with Gasteiger partial charge >= 0.3 is 0 Å². The van der Waals surface area contributed by atoms with Crippen LogP contribution in [0.1, 0.15) is 5.56 Å². The molecule has 0 radical (unpaired) electrons. The van der Waals surface area contributed by atoms with Crippen molar-refractivity contribution in [3.05, 3.63) is 47.3 Å². The van der Waals surface area contributed by atoms with Crippen molar-refractivity contribution in [1.29, 1.82) is 0 Å². The Kier molecular flexibility index (Phi) is 4.77. The molecule has 1 aliphatic rings. The summed E-state index contributed by atoms with van der Waals surface area (Å²) >= 11 is 1.21. The monoisotopic (exact) mass is 338 g/mol. The Balaban J connectivity index is 1.64. The number of ether oxygens (including phenoxy) is 1. The first-order chi connectivity index (χ1) is 10.6. The number of morpholine rings is 1. The highest BCUT2D eigenvalue weighted by atomic mass is 32.2. The second-order valence-electron chi connectivity index (χ2n) is 5.12. The molecule has 1 aromatic heterocycles. The first kappa shape index (κ1) is 15.5. The molecule has 5 nitrogen and oxygen atoms in total. The molecule has 0 atom stereocenters. The number of rotatable bonds is 5. The molecule has 22 heavy (non-hydrogen) atoms. The summed E-state index contributed by atoms with van der Waals surface area (Å²) in [6.45, 7) is 4.29. The second kappa shape index (κ2) is 6.78. The Labute approximate surface area is 134 Å². The maximum absolute atomic E-state index is 12.1. The van der Waals surface area contributed by atoms with Gasteiger partial charge in [0, 0.05) is 25.3 Å². The highest BCUT2D eigenvalue weighted by Crippen LogP contribution is 2.20. The third-order valence-corrected chi connectivity index (χ3v) is 6.25. The van der Waals surface area contributed by atoms with E-state index in [9.17, 15) is 8.42 Å². The zero-order valence-electron chi connectivity index (χ0n) is 12.1. The number of hydrogen-bond acceptors (Lipinski definition) is 5. The first-order valence-corrected chi connectivity index (χ1v) is 9.45. The molecule has 1 fully saturated rings. The summed E-state index contributed by atoms with van der Waals surface area (Å²) in [4.78, 5) is 2.33. The third kappa shape index (κ3) is 3.86. The van der Waals surface area contributed by atoms with E-state index in [2.05, 4.69) is 9.62 Å². The Bertz CT molecular complexity index is 691. The van der Waals surface area contributed by atoms with Gasteiger partial charge in [0.2, 0.25) is 0 Å². The smallest absolute Gasteiger partial charge is 0.271 e. The summed E-state index contributed by atoms with van der Waals surface area (Å²) in [5, 5.41) is 1.75. The first-order valence-electron chi connectivity index (χ1n) is 7.09. The Morgan fingerprint density at radius 3 is 2.50 bits per heavy atom. The Morgan fingerprint density at radius 1 is 1.14 bits per heavy atom. The van der Waals surface area contributed by atoms with Crippen LogP contribution >= 0.6 is 11.3 Å². The predicted octanol–water partition coefficient (Wildman–Crippen LogP) is 2.38. The van der Waals surface area contributed by atoms with Crippen LogP contribution in [0.25, 0.3) is 0 Å². The lowest BCUT2D eigenvalue weighted by molar-refractivity contribution is 0.0342. The van der Waals surface area contributed by atoms with Gasteiger partial charge < -0.3 is 4.74 Å². The number of nitrogens with zero attached hydrogens (tertiary/aromatic N) is 1. The third-order valence-electron chi connectivity index (χ3n) is 3.48. The number of sulfonamides is 1. The van der Waals surface area contributed by atoms with E-state index >= 15 is 0 Å². The minimum atomic E-state index is -3.47. The average Bonchev–Trinajstić information content (AvgIpc) is 3.05. The molecule has 3 rings (SSSR count). The van der Waals surface area contributed by atoms with Crippen LogP contribution in [0.15, 0.2) is 46.0 Å². The van der Waals surface area contributed by atoms with Gasteiger partial charge in [0.15, 0.2) is 0 Å². The fourth-order valence-corrected chi connectivity index (χ4v) is 4.37. The molecule has 1 aliphatic heterocycles. The summed E-state index contributed by atoms with van der Waals surface area (Å²) < 4.78 is 32.5. The highest BCUT2D eigenvalue weighted by Gasteiger charge is 2.15. The van der Waals surface area contributed by atoms with Crippen molar-refractivity contribution in [1.82, 2.24) is 4.90 Å². The van der Waals surface area contributed by atoms with Crippen LogP contribution in [0, 0.1) is 0 Å². The van der Waals surface area contributed by atoms with Crippen molar-refractivity contribution < 1.29 is 13.2 Å². The van der Waals surface area contributed by atoms with Crippen molar-refractivity contribution in [2.45, 2.75) is 10.8 Å². The van der Waals surface area contributed by atoms with Crippen LogP contribution in [0.3, 0.4) is 0 Å². The summed E-state index contributed by atoms with van der Waals surface area (Å²) in [6, 6.07) is 10.9. The zero-order chi connectivity index (χ0) is 15.4. The lowest BCUT2D eigenvalue weighted by Gasteiger charge is -2.26. The molecule has 2 aromatic rings. The maximum atomic E-state index is 12.1.